The Balaban J connectivity index is 1.65. The molecule has 178 valence electrons. The third kappa shape index (κ3) is 5.88. The molecule has 0 saturated heterocycles. The summed E-state index contributed by atoms with van der Waals surface area (Å²) in [7, 11) is 0. The quantitative estimate of drug-likeness (QED) is 0.394. The summed E-state index contributed by atoms with van der Waals surface area (Å²) in [5.41, 5.74) is 4.55. The van der Waals surface area contributed by atoms with Crippen molar-refractivity contribution in [3.8, 4) is 11.1 Å². The van der Waals surface area contributed by atoms with E-state index in [0.717, 1.165) is 46.1 Å². The zero-order valence-electron chi connectivity index (χ0n) is 19.3. The Morgan fingerprint density at radius 3 is 2.62 bits per heavy atom. The van der Waals surface area contributed by atoms with Crippen LogP contribution in [0.15, 0.2) is 54.6 Å². The highest BCUT2D eigenvalue weighted by Crippen LogP contribution is 2.45. The number of fused-ring (bicyclic) bond motifs is 1. The largest absolute Gasteiger partial charge is 0.466 e. The third-order valence-corrected chi connectivity index (χ3v) is 5.92. The van der Waals surface area contributed by atoms with Crippen LogP contribution in [0.4, 0.5) is 4.39 Å². The molecule has 2 N–H and O–H groups in total. The second-order valence-corrected chi connectivity index (χ2v) is 8.82. The fraction of sp³-hybridized carbons (Fsp3) is 0.357. The van der Waals surface area contributed by atoms with Gasteiger partial charge in [-0.3, -0.25) is 9.78 Å². The number of benzene rings is 2. The van der Waals surface area contributed by atoms with Crippen LogP contribution in [0.3, 0.4) is 0 Å². The maximum absolute atomic E-state index is 13.7. The summed E-state index contributed by atoms with van der Waals surface area (Å²) < 4.78 is 18.7. The predicted octanol–water partition coefficient (Wildman–Crippen LogP) is 5.39. The molecule has 2 atom stereocenters. The highest BCUT2D eigenvalue weighted by molar-refractivity contribution is 5.99. The van der Waals surface area contributed by atoms with E-state index in [1.54, 1.807) is 18.2 Å². The van der Waals surface area contributed by atoms with Crippen LogP contribution in [0, 0.1) is 5.82 Å². The monoisotopic (exact) mass is 463 g/mol. The molecule has 1 fully saturated rings. The number of ether oxygens (including phenoxy) is 1. The van der Waals surface area contributed by atoms with Gasteiger partial charge in [-0.15, -0.1) is 0 Å². The first-order valence-electron chi connectivity index (χ1n) is 11.8. The Bertz CT molecular complexity index is 1170. The van der Waals surface area contributed by atoms with Crippen LogP contribution in [0.5, 0.6) is 0 Å². The number of nitrogens with zero attached hydrogens (tertiary/aromatic N) is 1. The zero-order chi connectivity index (χ0) is 24.1. The Morgan fingerprint density at radius 2 is 1.91 bits per heavy atom. The van der Waals surface area contributed by atoms with Crippen molar-refractivity contribution in [3.63, 3.8) is 0 Å². The van der Waals surface area contributed by atoms with Crippen LogP contribution in [0.2, 0.25) is 0 Å². The van der Waals surface area contributed by atoms with E-state index >= 15 is 0 Å². The van der Waals surface area contributed by atoms with Crippen LogP contribution in [-0.2, 0) is 9.53 Å². The molecule has 0 bridgehead atoms. The van der Waals surface area contributed by atoms with E-state index in [9.17, 15) is 19.4 Å². The van der Waals surface area contributed by atoms with Gasteiger partial charge >= 0.3 is 5.97 Å². The molecule has 1 aromatic heterocycles. The van der Waals surface area contributed by atoms with Gasteiger partial charge in [-0.25, -0.2) is 4.39 Å². The van der Waals surface area contributed by atoms with Gasteiger partial charge in [-0.2, -0.15) is 0 Å². The first-order valence-corrected chi connectivity index (χ1v) is 11.8. The van der Waals surface area contributed by atoms with Crippen LogP contribution in [-0.4, -0.2) is 40.0 Å². The molecular formula is C28H30FNO4. The van der Waals surface area contributed by atoms with Crippen molar-refractivity contribution >= 4 is 22.9 Å². The molecule has 1 aliphatic rings. The topological polar surface area (TPSA) is 79.7 Å². The summed E-state index contributed by atoms with van der Waals surface area (Å²) in [6, 6.07) is 14.3. The van der Waals surface area contributed by atoms with E-state index in [1.807, 2.05) is 37.3 Å². The van der Waals surface area contributed by atoms with Crippen LogP contribution in [0.25, 0.3) is 28.1 Å². The number of hydrogen-bond donors (Lipinski definition) is 2. The van der Waals surface area contributed by atoms with Gasteiger partial charge in [0.05, 0.1) is 36.4 Å². The van der Waals surface area contributed by atoms with Crippen LogP contribution < -0.4 is 0 Å². The molecule has 0 radical (unpaired) electrons. The molecule has 0 spiro atoms. The maximum atomic E-state index is 13.7. The molecule has 5 nitrogen and oxygen atoms in total. The first-order chi connectivity index (χ1) is 16.5. The summed E-state index contributed by atoms with van der Waals surface area (Å²) in [4.78, 5) is 16.7. The zero-order valence-corrected chi connectivity index (χ0v) is 19.3. The lowest BCUT2D eigenvalue weighted by molar-refractivity contribution is -0.146. The van der Waals surface area contributed by atoms with Crippen molar-refractivity contribution < 1.29 is 24.1 Å². The molecular weight excluding hydrogens is 433 g/mol. The van der Waals surface area contributed by atoms with Gasteiger partial charge in [-0.05, 0) is 43.0 Å². The van der Waals surface area contributed by atoms with Gasteiger partial charge in [0.15, 0.2) is 0 Å². The molecule has 1 aliphatic carbocycles. The normalized spacial score (nSPS) is 15.5. The molecule has 34 heavy (non-hydrogen) atoms. The van der Waals surface area contributed by atoms with Gasteiger partial charge in [0.1, 0.15) is 5.82 Å². The Hall–Kier alpha value is -3.09. The summed E-state index contributed by atoms with van der Waals surface area (Å²) >= 11 is 0. The smallest absolute Gasteiger partial charge is 0.308 e. The number of esters is 1. The Kier molecular flexibility index (Phi) is 7.70. The van der Waals surface area contributed by atoms with E-state index in [-0.39, 0.29) is 18.7 Å². The van der Waals surface area contributed by atoms with E-state index in [0.29, 0.717) is 18.9 Å². The van der Waals surface area contributed by atoms with Gasteiger partial charge in [0, 0.05) is 28.9 Å². The predicted molar refractivity (Wildman–Crippen MR) is 131 cm³/mol. The standard InChI is InChI=1S/C28H30FNO4/c1-2-15-34-26(33)17-22(32)16-21(31)13-14-24-27(18-9-11-20(29)12-10-18)23-5-3-4-6-25(23)30-28(24)19-7-8-19/h3-6,9-14,19,21-22,31-32H,2,7-8,15-17H2,1H3/b14-13+. The molecule has 2 aromatic carbocycles. The minimum Gasteiger partial charge on any atom is -0.466 e. The number of carbonyl (C=O) groups is 1. The average Bonchev–Trinajstić information content (AvgIpc) is 3.66. The van der Waals surface area contributed by atoms with Gasteiger partial charge in [-0.1, -0.05) is 49.4 Å². The number of carbonyl (C=O) groups excluding carboxylic acids is 1. The Morgan fingerprint density at radius 1 is 1.18 bits per heavy atom. The number of aliphatic hydroxyl groups is 2. The van der Waals surface area contributed by atoms with E-state index < -0.39 is 18.2 Å². The number of pyridine rings is 1. The van der Waals surface area contributed by atoms with Crippen molar-refractivity contribution in [3.05, 3.63) is 71.7 Å². The van der Waals surface area contributed by atoms with Crippen molar-refractivity contribution in [2.24, 2.45) is 0 Å². The molecule has 4 rings (SSSR count). The van der Waals surface area contributed by atoms with Crippen LogP contribution in [0.1, 0.15) is 56.2 Å². The van der Waals surface area contributed by atoms with Gasteiger partial charge < -0.3 is 14.9 Å². The first kappa shape index (κ1) is 24.0. The number of aromatic nitrogens is 1. The van der Waals surface area contributed by atoms with Gasteiger partial charge in [0.2, 0.25) is 0 Å². The van der Waals surface area contributed by atoms with E-state index in [4.69, 9.17) is 9.72 Å². The van der Waals surface area contributed by atoms with Crippen molar-refractivity contribution in [2.45, 2.75) is 57.2 Å². The van der Waals surface area contributed by atoms with Crippen molar-refractivity contribution in [1.29, 1.82) is 0 Å². The third-order valence-electron chi connectivity index (χ3n) is 5.92. The maximum Gasteiger partial charge on any atom is 0.308 e. The molecule has 0 amide bonds. The average molecular weight is 464 g/mol. The molecule has 0 aliphatic heterocycles. The highest BCUT2D eigenvalue weighted by Gasteiger charge is 2.29. The molecule has 1 saturated carbocycles. The van der Waals surface area contributed by atoms with Gasteiger partial charge in [0.25, 0.3) is 0 Å². The Labute approximate surface area is 198 Å². The van der Waals surface area contributed by atoms with E-state index in [2.05, 4.69) is 0 Å². The molecule has 2 unspecified atom stereocenters. The fourth-order valence-electron chi connectivity index (χ4n) is 4.13. The number of hydrogen-bond acceptors (Lipinski definition) is 5. The fourth-order valence-corrected chi connectivity index (χ4v) is 4.13. The lowest BCUT2D eigenvalue weighted by atomic mass is 9.92. The minimum absolute atomic E-state index is 0.0172. The second kappa shape index (κ2) is 10.9. The SMILES string of the molecule is CCCOC(=O)CC(O)CC(O)/C=C/c1c(C2CC2)nc2ccccc2c1-c1ccc(F)cc1. The van der Waals surface area contributed by atoms with Crippen molar-refractivity contribution in [2.75, 3.05) is 6.61 Å². The lowest BCUT2D eigenvalue weighted by Gasteiger charge is -2.16. The summed E-state index contributed by atoms with van der Waals surface area (Å²) in [5, 5.41) is 21.7. The number of rotatable bonds is 10. The summed E-state index contributed by atoms with van der Waals surface area (Å²) in [6.45, 7) is 2.22. The van der Waals surface area contributed by atoms with E-state index in [1.165, 1.54) is 12.1 Å². The molecule has 1 heterocycles. The molecule has 3 aromatic rings. The number of para-hydroxylation sites is 1. The molecule has 6 heteroatoms. The van der Waals surface area contributed by atoms with Crippen LogP contribution >= 0.6 is 0 Å². The lowest BCUT2D eigenvalue weighted by Crippen LogP contribution is -2.21. The van der Waals surface area contributed by atoms with Crippen molar-refractivity contribution in [1.82, 2.24) is 4.98 Å². The highest BCUT2D eigenvalue weighted by atomic mass is 19.1. The number of halogens is 1. The summed E-state index contributed by atoms with van der Waals surface area (Å²) in [5.74, 6) is -0.429. The minimum atomic E-state index is -1.00. The second-order valence-electron chi connectivity index (χ2n) is 8.82. The summed E-state index contributed by atoms with van der Waals surface area (Å²) in [6.07, 6.45) is 4.20. The number of aliphatic hydroxyl groups excluding tert-OH is 2.